The third kappa shape index (κ3) is 42.0. The molecular formula is C49H74NO9P. The molecule has 3 atom stereocenters. The minimum Gasteiger partial charge on any atom is -0.462 e. The first-order valence-electron chi connectivity index (χ1n) is 21.4. The van der Waals surface area contributed by atoms with Crippen LogP contribution < -0.4 is 5.73 Å². The van der Waals surface area contributed by atoms with Crippen LogP contribution in [0.3, 0.4) is 0 Å². The third-order valence-electron chi connectivity index (χ3n) is 7.83. The molecule has 0 radical (unpaired) electrons. The van der Waals surface area contributed by atoms with Gasteiger partial charge in [0.15, 0.2) is 6.10 Å². The van der Waals surface area contributed by atoms with Gasteiger partial charge in [-0.15, -0.1) is 0 Å². The largest absolute Gasteiger partial charge is 0.472 e. The first kappa shape index (κ1) is 55.9. The highest BCUT2D eigenvalue weighted by Crippen LogP contribution is 2.43. The standard InChI is InChI=1S/C49H74NO9P/c1-3-5-7-8-9-10-11-12-13-14-15-16-17-20-24-27-30-33-37-41-49(53)59-47(45-58-60(54,55)57-43-42-50)44-56-48(52)40-36-32-29-26-23-21-18-19-22-25-28-31-35-39-46(51)38-34-6-4-2/h5-7,9-10,12-13,15-16,19-24,28-35,39,46-47,51H,3-4,8,11,14,17-18,25-27,36-38,40-45,50H2,1-2H3,(H,54,55)/b7-5-,10-9-,13-12-,16-15-,22-19-,23-21-,24-20-,31-28+,32-29-,33-30-,34-6-,39-35+/t46?,47-/m1/s1. The van der Waals surface area contributed by atoms with Crippen LogP contribution in [0.15, 0.2) is 146 Å². The van der Waals surface area contributed by atoms with Crippen LogP contribution in [0, 0.1) is 0 Å². The highest BCUT2D eigenvalue weighted by molar-refractivity contribution is 7.47. The predicted octanol–water partition coefficient (Wildman–Crippen LogP) is 11.5. The first-order valence-corrected chi connectivity index (χ1v) is 22.9. The molecule has 0 bridgehead atoms. The molecule has 0 heterocycles. The Morgan fingerprint density at radius 2 is 1.00 bits per heavy atom. The summed E-state index contributed by atoms with van der Waals surface area (Å²) in [5, 5.41) is 9.83. The number of nitrogens with two attached hydrogens (primary N) is 1. The second kappa shape index (κ2) is 43.0. The number of allylic oxidation sites excluding steroid dienone is 22. The van der Waals surface area contributed by atoms with Crippen molar-refractivity contribution in [1.29, 1.82) is 0 Å². The Balaban J connectivity index is 4.48. The van der Waals surface area contributed by atoms with Crippen molar-refractivity contribution >= 4 is 19.8 Å². The molecule has 0 aromatic rings. The van der Waals surface area contributed by atoms with Crippen molar-refractivity contribution in [2.24, 2.45) is 5.73 Å². The van der Waals surface area contributed by atoms with E-state index in [0.717, 1.165) is 64.2 Å². The van der Waals surface area contributed by atoms with Crippen molar-refractivity contribution in [3.63, 3.8) is 0 Å². The van der Waals surface area contributed by atoms with Crippen LogP contribution in [-0.4, -0.2) is 60.5 Å². The van der Waals surface area contributed by atoms with Crippen molar-refractivity contribution in [3.05, 3.63) is 146 Å². The van der Waals surface area contributed by atoms with E-state index in [-0.39, 0.29) is 32.6 Å². The number of carbonyl (C=O) groups is 2. The number of phosphoric ester groups is 1. The SMILES string of the molecule is CC/C=C\C/C=C\C/C=C\C/C=C\C/C=C\C/C=C\CCC(=O)O[C@H](COC(=O)CC/C=C\C/C=C\C/C=C\C/C=C/C=C/C(O)C/C=C\CC)COP(=O)(O)OCCN. The maximum absolute atomic E-state index is 12.6. The minimum absolute atomic E-state index is 0.0171. The van der Waals surface area contributed by atoms with Gasteiger partial charge in [-0.05, 0) is 83.5 Å². The van der Waals surface area contributed by atoms with Crippen LogP contribution in [0.2, 0.25) is 0 Å². The van der Waals surface area contributed by atoms with Crippen molar-refractivity contribution in [3.8, 4) is 0 Å². The molecule has 4 N–H and O–H groups in total. The molecule has 0 aliphatic rings. The quantitative estimate of drug-likeness (QED) is 0.0238. The first-order chi connectivity index (χ1) is 29.2. The van der Waals surface area contributed by atoms with Crippen molar-refractivity contribution < 1.29 is 42.7 Å². The monoisotopic (exact) mass is 852 g/mol. The number of aliphatic hydroxyl groups excluding tert-OH is 1. The Morgan fingerprint density at radius 3 is 1.48 bits per heavy atom. The average molecular weight is 852 g/mol. The van der Waals surface area contributed by atoms with Crippen molar-refractivity contribution in [2.75, 3.05) is 26.4 Å². The lowest BCUT2D eigenvalue weighted by atomic mass is 10.2. The van der Waals surface area contributed by atoms with Gasteiger partial charge in [0.25, 0.3) is 0 Å². The summed E-state index contributed by atoms with van der Waals surface area (Å²) in [7, 11) is -4.44. The van der Waals surface area contributed by atoms with E-state index in [4.69, 9.17) is 24.3 Å². The number of rotatable bonds is 37. The van der Waals surface area contributed by atoms with Gasteiger partial charge in [-0.1, -0.05) is 160 Å². The van der Waals surface area contributed by atoms with Gasteiger partial charge in [-0.25, -0.2) is 4.57 Å². The zero-order chi connectivity index (χ0) is 44.0. The molecule has 334 valence electrons. The van der Waals surface area contributed by atoms with Crippen LogP contribution in [0.4, 0.5) is 0 Å². The molecule has 0 aliphatic carbocycles. The lowest BCUT2D eigenvalue weighted by molar-refractivity contribution is -0.161. The van der Waals surface area contributed by atoms with Gasteiger partial charge < -0.3 is 25.2 Å². The number of aliphatic hydroxyl groups is 1. The van der Waals surface area contributed by atoms with Crippen LogP contribution in [-0.2, 0) is 32.7 Å². The lowest BCUT2D eigenvalue weighted by Crippen LogP contribution is -2.29. The summed E-state index contributed by atoms with van der Waals surface area (Å²) in [5.41, 5.74) is 5.33. The van der Waals surface area contributed by atoms with Crippen LogP contribution in [0.1, 0.15) is 110 Å². The summed E-state index contributed by atoms with van der Waals surface area (Å²) in [5.74, 6) is -1.06. The number of carbonyl (C=O) groups excluding carboxylic acids is 2. The van der Waals surface area contributed by atoms with Crippen LogP contribution in [0.5, 0.6) is 0 Å². The molecule has 0 aromatic heterocycles. The summed E-state index contributed by atoms with van der Waals surface area (Å²) in [6.07, 6.45) is 58.1. The smallest absolute Gasteiger partial charge is 0.462 e. The molecule has 2 unspecified atom stereocenters. The summed E-state index contributed by atoms with van der Waals surface area (Å²) in [6.45, 7) is 3.18. The van der Waals surface area contributed by atoms with E-state index in [9.17, 15) is 24.2 Å². The summed E-state index contributed by atoms with van der Waals surface area (Å²) >= 11 is 0. The van der Waals surface area contributed by atoms with Crippen molar-refractivity contribution in [1.82, 2.24) is 0 Å². The van der Waals surface area contributed by atoms with Gasteiger partial charge in [-0.2, -0.15) is 0 Å². The fraction of sp³-hybridized carbons (Fsp3) is 0.469. The van der Waals surface area contributed by atoms with E-state index >= 15 is 0 Å². The molecule has 10 nitrogen and oxygen atoms in total. The molecular weight excluding hydrogens is 778 g/mol. The second-order valence-corrected chi connectivity index (χ2v) is 14.7. The highest BCUT2D eigenvalue weighted by Gasteiger charge is 2.25. The lowest BCUT2D eigenvalue weighted by Gasteiger charge is -2.19. The Labute approximate surface area is 361 Å². The zero-order valence-electron chi connectivity index (χ0n) is 36.2. The van der Waals surface area contributed by atoms with Gasteiger partial charge in [-0.3, -0.25) is 18.6 Å². The molecule has 60 heavy (non-hydrogen) atoms. The fourth-order valence-corrected chi connectivity index (χ4v) is 5.47. The van der Waals surface area contributed by atoms with E-state index in [2.05, 4.69) is 92.8 Å². The fourth-order valence-electron chi connectivity index (χ4n) is 4.71. The average Bonchev–Trinajstić information content (AvgIpc) is 3.23. The van der Waals surface area contributed by atoms with Gasteiger partial charge in [0.1, 0.15) is 6.61 Å². The Morgan fingerprint density at radius 1 is 0.567 bits per heavy atom. The maximum Gasteiger partial charge on any atom is 0.472 e. The second-order valence-electron chi connectivity index (χ2n) is 13.3. The number of esters is 2. The molecule has 0 fully saturated rings. The summed E-state index contributed by atoms with van der Waals surface area (Å²) in [4.78, 5) is 34.8. The number of phosphoric acid groups is 1. The van der Waals surface area contributed by atoms with Crippen molar-refractivity contribution in [2.45, 2.75) is 122 Å². The number of ether oxygens (including phenoxy) is 2. The topological polar surface area (TPSA) is 155 Å². The maximum atomic E-state index is 12.6. The molecule has 0 aromatic carbocycles. The van der Waals surface area contributed by atoms with Gasteiger partial charge >= 0.3 is 19.8 Å². The number of hydrogen-bond donors (Lipinski definition) is 3. The molecule has 0 aliphatic heterocycles. The van der Waals surface area contributed by atoms with Crippen LogP contribution >= 0.6 is 7.82 Å². The molecule has 0 amide bonds. The Kier molecular flexibility index (Phi) is 40.0. The zero-order valence-corrected chi connectivity index (χ0v) is 37.1. The van der Waals surface area contributed by atoms with Gasteiger partial charge in [0, 0.05) is 19.4 Å². The van der Waals surface area contributed by atoms with E-state index in [1.54, 1.807) is 6.08 Å². The van der Waals surface area contributed by atoms with Gasteiger partial charge in [0.2, 0.25) is 0 Å². The highest BCUT2D eigenvalue weighted by atomic mass is 31.2. The number of hydrogen-bond acceptors (Lipinski definition) is 9. The van der Waals surface area contributed by atoms with E-state index in [1.165, 1.54) is 0 Å². The summed E-state index contributed by atoms with van der Waals surface area (Å²) < 4.78 is 32.6. The molecule has 0 saturated heterocycles. The van der Waals surface area contributed by atoms with Gasteiger partial charge in [0.05, 0.1) is 19.3 Å². The molecule has 0 saturated carbocycles. The molecule has 0 rings (SSSR count). The minimum atomic E-state index is -4.44. The molecule has 0 spiro atoms. The van der Waals surface area contributed by atoms with E-state index in [0.29, 0.717) is 19.3 Å². The predicted molar refractivity (Wildman–Crippen MR) is 248 cm³/mol. The Hall–Kier alpha value is -4.15. The van der Waals surface area contributed by atoms with E-state index in [1.807, 2.05) is 60.8 Å². The summed E-state index contributed by atoms with van der Waals surface area (Å²) in [6, 6.07) is 0. The normalized spacial score (nSPS) is 15.2. The van der Waals surface area contributed by atoms with Crippen LogP contribution in [0.25, 0.3) is 0 Å². The third-order valence-corrected chi connectivity index (χ3v) is 8.81. The van der Waals surface area contributed by atoms with E-state index < -0.39 is 38.6 Å². The Bertz CT molecular complexity index is 1500. The molecule has 11 heteroatoms.